The fourth-order valence-corrected chi connectivity index (χ4v) is 5.32. The van der Waals surface area contributed by atoms with Crippen LogP contribution in [0.25, 0.3) is 0 Å². The molecule has 0 aromatic heterocycles. The molecule has 1 aromatic carbocycles. The van der Waals surface area contributed by atoms with Crippen molar-refractivity contribution in [3.8, 4) is 0 Å². The van der Waals surface area contributed by atoms with E-state index >= 15 is 0 Å². The number of hydrogen-bond acceptors (Lipinski definition) is 2. The van der Waals surface area contributed by atoms with Crippen LogP contribution >= 0.6 is 11.8 Å². The molecule has 108 valence electrons. The molecule has 0 saturated carbocycles. The third kappa shape index (κ3) is 3.43. The summed E-state index contributed by atoms with van der Waals surface area (Å²) in [6.07, 6.45) is 7.30. The first-order valence-electron chi connectivity index (χ1n) is 7.63. The van der Waals surface area contributed by atoms with Gasteiger partial charge in [0.1, 0.15) is 11.6 Å². The molecule has 0 amide bonds. The van der Waals surface area contributed by atoms with E-state index in [1.165, 1.54) is 25.3 Å². The highest BCUT2D eigenvalue weighted by atomic mass is 32.2. The fraction of sp³-hybridized carbons (Fsp3) is 0.588. The van der Waals surface area contributed by atoms with Crippen molar-refractivity contribution < 1.29 is 9.18 Å². The third-order valence-electron chi connectivity index (χ3n) is 4.54. The quantitative estimate of drug-likeness (QED) is 0.818. The molecule has 0 aliphatic carbocycles. The van der Waals surface area contributed by atoms with Crippen molar-refractivity contribution in [1.29, 1.82) is 0 Å². The van der Waals surface area contributed by atoms with Gasteiger partial charge in [0.15, 0.2) is 0 Å². The molecule has 2 heterocycles. The second kappa shape index (κ2) is 6.30. The summed E-state index contributed by atoms with van der Waals surface area (Å²) in [6, 6.07) is 6.61. The summed E-state index contributed by atoms with van der Waals surface area (Å²) in [5.41, 5.74) is 0.934. The molecule has 0 N–H and O–H groups in total. The van der Waals surface area contributed by atoms with Crippen molar-refractivity contribution in [2.24, 2.45) is 5.92 Å². The van der Waals surface area contributed by atoms with Gasteiger partial charge in [-0.05, 0) is 49.8 Å². The van der Waals surface area contributed by atoms with Gasteiger partial charge in [0.05, 0.1) is 0 Å². The van der Waals surface area contributed by atoms with E-state index in [-0.39, 0.29) is 11.7 Å². The Morgan fingerprint density at radius 3 is 2.70 bits per heavy atom. The lowest BCUT2D eigenvalue weighted by Gasteiger charge is -2.38. The Balaban J connectivity index is 1.54. The second-order valence-electron chi connectivity index (χ2n) is 6.08. The van der Waals surface area contributed by atoms with E-state index in [0.29, 0.717) is 29.1 Å². The largest absolute Gasteiger partial charge is 0.299 e. The number of hydrogen-bond donors (Lipinski definition) is 0. The standard InChI is InChI=1S/C17H21FOS/c18-14-4-1-3-12(9-14)7-8-17(19)13-10-15-5-2-6-16(11-13)20-15/h1,3-4,9,13,15-16H,2,5-8,10-11H2. The lowest BCUT2D eigenvalue weighted by atomic mass is 9.85. The number of rotatable bonds is 4. The van der Waals surface area contributed by atoms with Crippen molar-refractivity contribution >= 4 is 17.5 Å². The Morgan fingerprint density at radius 1 is 1.25 bits per heavy atom. The van der Waals surface area contributed by atoms with Crippen LogP contribution in [0.5, 0.6) is 0 Å². The van der Waals surface area contributed by atoms with E-state index < -0.39 is 0 Å². The SMILES string of the molecule is O=C(CCc1cccc(F)c1)C1CC2CCCC(C1)S2. The van der Waals surface area contributed by atoms with Gasteiger partial charge in [-0.25, -0.2) is 4.39 Å². The Kier molecular flexibility index (Phi) is 4.45. The zero-order chi connectivity index (χ0) is 13.9. The van der Waals surface area contributed by atoms with Gasteiger partial charge in [-0.1, -0.05) is 18.6 Å². The average Bonchev–Trinajstić information content (AvgIpc) is 2.44. The van der Waals surface area contributed by atoms with Gasteiger partial charge in [-0.2, -0.15) is 11.8 Å². The molecule has 2 aliphatic heterocycles. The Bertz CT molecular complexity index is 476. The molecular weight excluding hydrogens is 271 g/mol. The molecule has 20 heavy (non-hydrogen) atoms. The molecule has 2 bridgehead atoms. The van der Waals surface area contributed by atoms with E-state index in [1.807, 2.05) is 6.07 Å². The molecule has 2 saturated heterocycles. The average molecular weight is 292 g/mol. The first kappa shape index (κ1) is 14.1. The van der Waals surface area contributed by atoms with Crippen molar-refractivity contribution in [3.05, 3.63) is 35.6 Å². The zero-order valence-corrected chi connectivity index (χ0v) is 12.5. The molecule has 2 aliphatic rings. The van der Waals surface area contributed by atoms with Crippen LogP contribution in [-0.4, -0.2) is 16.3 Å². The van der Waals surface area contributed by atoms with Crippen LogP contribution in [0.2, 0.25) is 0 Å². The van der Waals surface area contributed by atoms with Gasteiger partial charge in [-0.3, -0.25) is 4.79 Å². The van der Waals surface area contributed by atoms with Crippen molar-refractivity contribution in [1.82, 2.24) is 0 Å². The number of carbonyl (C=O) groups is 1. The number of thioether (sulfide) groups is 1. The smallest absolute Gasteiger partial charge is 0.136 e. The van der Waals surface area contributed by atoms with Crippen molar-refractivity contribution in [2.45, 2.75) is 55.4 Å². The van der Waals surface area contributed by atoms with Gasteiger partial charge in [0, 0.05) is 22.8 Å². The number of carbonyl (C=O) groups excluding carboxylic acids is 1. The normalized spacial score (nSPS) is 29.1. The van der Waals surface area contributed by atoms with Crippen LogP contribution in [0, 0.1) is 11.7 Å². The number of halogens is 1. The molecule has 2 unspecified atom stereocenters. The molecule has 1 aromatic rings. The summed E-state index contributed by atoms with van der Waals surface area (Å²) < 4.78 is 13.1. The van der Waals surface area contributed by atoms with Gasteiger partial charge in [0.2, 0.25) is 0 Å². The number of aryl methyl sites for hydroxylation is 1. The summed E-state index contributed by atoms with van der Waals surface area (Å²) in [7, 11) is 0. The van der Waals surface area contributed by atoms with Gasteiger partial charge >= 0.3 is 0 Å². The number of fused-ring (bicyclic) bond motifs is 2. The number of Topliss-reactive ketones (excluding diaryl/α,β-unsaturated/α-hetero) is 1. The summed E-state index contributed by atoms with van der Waals surface area (Å²) in [6.45, 7) is 0. The molecule has 1 nitrogen and oxygen atoms in total. The van der Waals surface area contributed by atoms with E-state index in [4.69, 9.17) is 0 Å². The van der Waals surface area contributed by atoms with Gasteiger partial charge in [-0.15, -0.1) is 0 Å². The number of benzene rings is 1. The maximum Gasteiger partial charge on any atom is 0.136 e. The fourth-order valence-electron chi connectivity index (χ4n) is 3.49. The molecule has 0 radical (unpaired) electrons. The van der Waals surface area contributed by atoms with E-state index in [0.717, 1.165) is 18.4 Å². The lowest BCUT2D eigenvalue weighted by molar-refractivity contribution is -0.123. The monoisotopic (exact) mass is 292 g/mol. The zero-order valence-electron chi connectivity index (χ0n) is 11.7. The van der Waals surface area contributed by atoms with Crippen LogP contribution in [0.3, 0.4) is 0 Å². The van der Waals surface area contributed by atoms with E-state index in [9.17, 15) is 9.18 Å². The molecule has 3 heteroatoms. The van der Waals surface area contributed by atoms with Crippen LogP contribution < -0.4 is 0 Å². The van der Waals surface area contributed by atoms with Crippen LogP contribution in [0.15, 0.2) is 24.3 Å². The number of ketones is 1. The van der Waals surface area contributed by atoms with Gasteiger partial charge < -0.3 is 0 Å². The van der Waals surface area contributed by atoms with Crippen LogP contribution in [0.4, 0.5) is 4.39 Å². The topological polar surface area (TPSA) is 17.1 Å². The second-order valence-corrected chi connectivity index (χ2v) is 7.68. The summed E-state index contributed by atoms with van der Waals surface area (Å²) in [5.74, 6) is 0.449. The van der Waals surface area contributed by atoms with Gasteiger partial charge in [0.25, 0.3) is 0 Å². The van der Waals surface area contributed by atoms with Crippen molar-refractivity contribution in [3.63, 3.8) is 0 Å². The first-order valence-corrected chi connectivity index (χ1v) is 8.57. The highest BCUT2D eigenvalue weighted by Crippen LogP contribution is 2.44. The minimum atomic E-state index is -0.210. The minimum absolute atomic E-state index is 0.210. The Morgan fingerprint density at radius 2 is 2.00 bits per heavy atom. The predicted octanol–water partition coefficient (Wildman–Crippen LogP) is 4.39. The molecule has 2 atom stereocenters. The summed E-state index contributed by atoms with van der Waals surface area (Å²) in [4.78, 5) is 12.4. The lowest BCUT2D eigenvalue weighted by Crippen LogP contribution is -2.33. The molecule has 0 spiro atoms. The highest BCUT2D eigenvalue weighted by Gasteiger charge is 2.35. The highest BCUT2D eigenvalue weighted by molar-refractivity contribution is 8.00. The molecule has 2 fully saturated rings. The van der Waals surface area contributed by atoms with Crippen molar-refractivity contribution in [2.75, 3.05) is 0 Å². The maximum absolute atomic E-state index is 13.1. The minimum Gasteiger partial charge on any atom is -0.299 e. The van der Waals surface area contributed by atoms with E-state index in [2.05, 4.69) is 11.8 Å². The third-order valence-corrected chi connectivity index (χ3v) is 6.16. The molecular formula is C17H21FOS. The predicted molar refractivity (Wildman–Crippen MR) is 81.5 cm³/mol. The maximum atomic E-state index is 13.1. The van der Waals surface area contributed by atoms with Crippen LogP contribution in [0.1, 0.15) is 44.1 Å². The Labute approximate surface area is 124 Å². The van der Waals surface area contributed by atoms with E-state index in [1.54, 1.807) is 12.1 Å². The van der Waals surface area contributed by atoms with Crippen LogP contribution in [-0.2, 0) is 11.2 Å². The summed E-state index contributed by atoms with van der Waals surface area (Å²) in [5, 5.41) is 1.43. The molecule has 3 rings (SSSR count). The Hall–Kier alpha value is -0.830. The first-order chi connectivity index (χ1) is 9.70. The summed E-state index contributed by atoms with van der Waals surface area (Å²) >= 11 is 2.11.